The molecule has 8 heteroatoms. The van der Waals surface area contributed by atoms with E-state index >= 15 is 0 Å². The van der Waals surface area contributed by atoms with E-state index in [0.29, 0.717) is 6.26 Å². The standard InChI is InChI=1S/C4H9F3O3PS/c1-3-4(11(5,6)7)10-12(2,8)9/h4H,3H2,1-2H3/q+1. The van der Waals surface area contributed by atoms with E-state index in [1.54, 1.807) is 0 Å². The first-order valence-corrected chi connectivity index (χ1v) is 6.37. The van der Waals surface area contributed by atoms with Gasteiger partial charge in [-0.05, 0) is 0 Å². The Hall–Kier alpha value is 0.130. The third kappa shape index (κ3) is 4.90. The third-order valence-electron chi connectivity index (χ3n) is 0.962. The minimum Gasteiger partial charge on any atom is -0.219 e. The molecule has 1 atom stereocenters. The summed E-state index contributed by atoms with van der Waals surface area (Å²) >= 11 is 0. The maximum atomic E-state index is 12.0. The van der Waals surface area contributed by atoms with Crippen LogP contribution in [0.3, 0.4) is 0 Å². The molecule has 1 unspecified atom stereocenters. The van der Waals surface area contributed by atoms with Gasteiger partial charge in [0.1, 0.15) is 0 Å². The molecular weight excluding hydrogens is 216 g/mol. The number of halogens is 3. The summed E-state index contributed by atoms with van der Waals surface area (Å²) in [6, 6.07) is 0. The normalized spacial score (nSPS) is 16.1. The predicted octanol–water partition coefficient (Wildman–Crippen LogP) is 2.37. The first kappa shape index (κ1) is 12.1. The average molecular weight is 225 g/mol. The highest BCUT2D eigenvalue weighted by atomic mass is 32.2. The summed E-state index contributed by atoms with van der Waals surface area (Å²) in [4.78, 5) is 0. The SMILES string of the molecule is CCC(OS(C)(=O)=O)[P+](F)(F)F. The fourth-order valence-electron chi connectivity index (χ4n) is 0.526. The lowest BCUT2D eigenvalue weighted by Gasteiger charge is -2.07. The highest BCUT2D eigenvalue weighted by Crippen LogP contribution is 2.69. The second-order valence-corrected chi connectivity index (χ2v) is 5.29. The van der Waals surface area contributed by atoms with Gasteiger partial charge in [-0.1, -0.05) is 6.92 Å². The lowest BCUT2D eigenvalue weighted by molar-refractivity contribution is 0.255. The quantitative estimate of drug-likeness (QED) is 0.545. The summed E-state index contributed by atoms with van der Waals surface area (Å²) in [5.41, 5.74) is 0. The van der Waals surface area contributed by atoms with Gasteiger partial charge in [0, 0.05) is 19.0 Å². The number of rotatable bonds is 4. The summed E-state index contributed by atoms with van der Waals surface area (Å²) in [6.07, 6.45) is 0.232. The van der Waals surface area contributed by atoms with E-state index in [-0.39, 0.29) is 6.42 Å². The van der Waals surface area contributed by atoms with E-state index in [2.05, 4.69) is 4.18 Å². The van der Waals surface area contributed by atoms with Crippen LogP contribution in [0.1, 0.15) is 13.3 Å². The highest BCUT2D eigenvalue weighted by Gasteiger charge is 2.55. The molecule has 74 valence electrons. The second kappa shape index (κ2) is 3.89. The molecule has 0 aliphatic rings. The highest BCUT2D eigenvalue weighted by molar-refractivity contribution is 7.86. The molecule has 0 bridgehead atoms. The van der Waals surface area contributed by atoms with Gasteiger partial charge in [0.05, 0.1) is 6.26 Å². The molecule has 0 aromatic heterocycles. The monoisotopic (exact) mass is 225 g/mol. The molecule has 0 aliphatic heterocycles. The van der Waals surface area contributed by atoms with Gasteiger partial charge in [-0.25, -0.2) is 4.18 Å². The Morgan fingerprint density at radius 1 is 1.42 bits per heavy atom. The maximum absolute atomic E-state index is 12.0. The van der Waals surface area contributed by atoms with Crippen molar-refractivity contribution in [2.45, 2.75) is 19.2 Å². The summed E-state index contributed by atoms with van der Waals surface area (Å²) in [6.45, 7) is 1.23. The molecule has 0 N–H and O–H groups in total. The molecule has 0 fully saturated rings. The Kier molecular flexibility index (Phi) is 3.93. The van der Waals surface area contributed by atoms with Crippen molar-refractivity contribution in [1.82, 2.24) is 0 Å². The molecule has 12 heavy (non-hydrogen) atoms. The maximum Gasteiger partial charge on any atom is 0.598 e. The molecule has 0 amide bonds. The summed E-state index contributed by atoms with van der Waals surface area (Å²) in [7, 11) is -9.73. The van der Waals surface area contributed by atoms with Gasteiger partial charge in [-0.15, -0.1) is 0 Å². The minimum absolute atomic E-state index is 0.371. The zero-order chi connectivity index (χ0) is 9.99. The molecule has 0 aromatic carbocycles. The fraction of sp³-hybridized carbons (Fsp3) is 1.00. The van der Waals surface area contributed by atoms with Crippen LogP contribution in [0, 0.1) is 0 Å². The third-order valence-corrected chi connectivity index (χ3v) is 2.81. The van der Waals surface area contributed by atoms with E-state index in [4.69, 9.17) is 0 Å². The van der Waals surface area contributed by atoms with Gasteiger partial charge in [0.2, 0.25) is 0 Å². The molecule has 0 saturated carbocycles. The van der Waals surface area contributed by atoms with Crippen molar-refractivity contribution in [3.63, 3.8) is 0 Å². The average Bonchev–Trinajstić information content (AvgIpc) is 1.78. The van der Waals surface area contributed by atoms with E-state index in [1.807, 2.05) is 0 Å². The molecule has 0 aliphatic carbocycles. The van der Waals surface area contributed by atoms with Crippen molar-refractivity contribution >= 4 is 18.3 Å². The second-order valence-electron chi connectivity index (χ2n) is 2.15. The Morgan fingerprint density at radius 2 is 1.83 bits per heavy atom. The van der Waals surface area contributed by atoms with Crippen LogP contribution in [-0.2, 0) is 14.3 Å². The van der Waals surface area contributed by atoms with Gasteiger partial charge in [0.25, 0.3) is 16.0 Å². The van der Waals surface area contributed by atoms with Crippen molar-refractivity contribution in [2.75, 3.05) is 6.26 Å². The van der Waals surface area contributed by atoms with Crippen molar-refractivity contribution in [2.24, 2.45) is 0 Å². The van der Waals surface area contributed by atoms with Crippen LogP contribution < -0.4 is 0 Å². The molecule has 0 saturated heterocycles. The molecule has 0 rings (SSSR count). The van der Waals surface area contributed by atoms with E-state index in [1.165, 1.54) is 6.92 Å². The summed E-state index contributed by atoms with van der Waals surface area (Å²) < 4.78 is 60.5. The van der Waals surface area contributed by atoms with Crippen LogP contribution >= 0.6 is 8.19 Å². The smallest absolute Gasteiger partial charge is 0.219 e. The van der Waals surface area contributed by atoms with Crippen LogP contribution in [0.2, 0.25) is 0 Å². The molecular formula is C4H9F3O3PS+. The van der Waals surface area contributed by atoms with Gasteiger partial charge >= 0.3 is 8.19 Å². The molecule has 3 nitrogen and oxygen atoms in total. The van der Waals surface area contributed by atoms with Gasteiger partial charge in [-0.3, -0.25) is 0 Å². The van der Waals surface area contributed by atoms with Gasteiger partial charge in [0.15, 0.2) is 0 Å². The summed E-state index contributed by atoms with van der Waals surface area (Å²) in [5.74, 6) is -2.12. The fourth-order valence-corrected chi connectivity index (χ4v) is 2.34. The van der Waals surface area contributed by atoms with E-state index in [0.717, 1.165) is 0 Å². The van der Waals surface area contributed by atoms with Crippen LogP contribution in [0.4, 0.5) is 12.6 Å². The Bertz CT molecular complexity index is 234. The van der Waals surface area contributed by atoms with Gasteiger partial charge in [-0.2, -0.15) is 8.42 Å². The lowest BCUT2D eigenvalue weighted by atomic mass is 10.5. The largest absolute Gasteiger partial charge is 0.598 e. The first-order chi connectivity index (χ1) is 5.17. The first-order valence-electron chi connectivity index (χ1n) is 3.02. The predicted molar refractivity (Wildman–Crippen MR) is 40.3 cm³/mol. The Morgan fingerprint density at radius 3 is 1.92 bits per heavy atom. The van der Waals surface area contributed by atoms with Crippen molar-refractivity contribution in [3.8, 4) is 0 Å². The van der Waals surface area contributed by atoms with Crippen molar-refractivity contribution < 1.29 is 25.2 Å². The lowest BCUT2D eigenvalue weighted by Crippen LogP contribution is -2.15. The summed E-state index contributed by atoms with van der Waals surface area (Å²) in [5, 5.41) is 0. The Labute approximate surface area is 69.7 Å². The topological polar surface area (TPSA) is 43.4 Å². The van der Waals surface area contributed by atoms with Crippen LogP contribution in [0.5, 0.6) is 0 Å². The van der Waals surface area contributed by atoms with Crippen LogP contribution in [0.25, 0.3) is 0 Å². The van der Waals surface area contributed by atoms with E-state index < -0.39 is 24.2 Å². The van der Waals surface area contributed by atoms with Crippen molar-refractivity contribution in [3.05, 3.63) is 0 Å². The molecule has 0 spiro atoms. The van der Waals surface area contributed by atoms with Gasteiger partial charge < -0.3 is 0 Å². The molecule has 0 aromatic rings. The number of hydrogen-bond acceptors (Lipinski definition) is 3. The van der Waals surface area contributed by atoms with Crippen molar-refractivity contribution in [1.29, 1.82) is 0 Å². The molecule has 0 heterocycles. The van der Waals surface area contributed by atoms with Crippen LogP contribution in [0.15, 0.2) is 0 Å². The minimum atomic E-state index is -5.72. The molecule has 0 radical (unpaired) electrons. The number of hydrogen-bond donors (Lipinski definition) is 0. The zero-order valence-electron chi connectivity index (χ0n) is 6.50. The van der Waals surface area contributed by atoms with Crippen LogP contribution in [-0.4, -0.2) is 20.5 Å². The van der Waals surface area contributed by atoms with E-state index in [9.17, 15) is 21.0 Å². The Balaban J connectivity index is 4.41. The zero-order valence-corrected chi connectivity index (χ0v) is 8.21.